The predicted molar refractivity (Wildman–Crippen MR) is 93.6 cm³/mol. The molecule has 0 unspecified atom stereocenters. The summed E-state index contributed by atoms with van der Waals surface area (Å²) in [5.74, 6) is 0. The third-order valence-corrected chi connectivity index (χ3v) is 6.63. The average Bonchev–Trinajstić information content (AvgIpc) is 2.74. The molecule has 4 N–H and O–H groups in total. The van der Waals surface area contributed by atoms with Crippen molar-refractivity contribution in [2.24, 2.45) is 0 Å². The molecule has 26 heavy (non-hydrogen) atoms. The van der Waals surface area contributed by atoms with Gasteiger partial charge in [-0.3, -0.25) is 19.6 Å². The summed E-state index contributed by atoms with van der Waals surface area (Å²) in [6, 6.07) is 0. The van der Waals surface area contributed by atoms with Gasteiger partial charge in [-0.25, -0.2) is 0 Å². The van der Waals surface area contributed by atoms with E-state index >= 15 is 0 Å². The molecule has 0 aromatic rings. The van der Waals surface area contributed by atoms with Gasteiger partial charge < -0.3 is 18.9 Å². The minimum absolute atomic E-state index is 0.615. The van der Waals surface area contributed by atoms with Crippen LogP contribution in [0.4, 0.5) is 0 Å². The Hall–Kier alpha value is -0.320. The summed E-state index contributed by atoms with van der Waals surface area (Å²) in [6.07, 6.45) is 1.23. The van der Waals surface area contributed by atoms with Crippen molar-refractivity contribution >= 4 is 0 Å². The number of hydrogen-bond donors (Lipinski definition) is 4. The van der Waals surface area contributed by atoms with Crippen LogP contribution in [0.1, 0.15) is 0 Å². The molecule has 0 radical (unpaired) electrons. The summed E-state index contributed by atoms with van der Waals surface area (Å²) < 4.78 is 22.8. The number of morpholine rings is 4. The molecule has 4 aliphatic heterocycles. The quantitative estimate of drug-likeness (QED) is 0.387. The average molecular weight is 375 g/mol. The van der Waals surface area contributed by atoms with Gasteiger partial charge in [-0.2, -0.15) is 0 Å². The van der Waals surface area contributed by atoms with E-state index in [1.807, 2.05) is 0 Å². The van der Waals surface area contributed by atoms with Gasteiger partial charge in [0.2, 0.25) is 0 Å². The first-order chi connectivity index (χ1) is 12.9. The molecule has 150 valence electrons. The number of hydrogen-bond acceptors (Lipinski definition) is 4. The van der Waals surface area contributed by atoms with Crippen LogP contribution in [0.25, 0.3) is 0 Å². The van der Waals surface area contributed by atoms with Gasteiger partial charge in [0.05, 0.1) is 52.9 Å². The molecule has 8 heteroatoms. The number of ether oxygens (including phenoxy) is 4. The Labute approximate surface area is 156 Å². The molecule has 0 amide bonds. The van der Waals surface area contributed by atoms with Crippen LogP contribution >= 0.6 is 0 Å². The molecule has 0 atom stereocenters. The van der Waals surface area contributed by atoms with Crippen molar-refractivity contribution in [3.63, 3.8) is 0 Å². The summed E-state index contributed by atoms with van der Waals surface area (Å²) in [4.78, 5) is 6.99. The van der Waals surface area contributed by atoms with E-state index in [0.717, 1.165) is 105 Å². The van der Waals surface area contributed by atoms with E-state index < -0.39 is 0 Å². The highest BCUT2D eigenvalue weighted by Gasteiger charge is 2.52. The van der Waals surface area contributed by atoms with E-state index in [1.165, 1.54) is 0 Å². The molecular weight excluding hydrogens is 336 g/mol. The maximum atomic E-state index is 5.70. The molecule has 0 aromatic heterocycles. The van der Waals surface area contributed by atoms with E-state index in [4.69, 9.17) is 18.9 Å². The van der Waals surface area contributed by atoms with Crippen LogP contribution in [-0.2, 0) is 18.9 Å². The number of rotatable bonds is 5. The van der Waals surface area contributed by atoms with E-state index in [-0.39, 0.29) is 0 Å². The number of quaternary nitrogens is 4. The second-order valence-electron chi connectivity index (χ2n) is 8.04. The Morgan fingerprint density at radius 2 is 0.538 bits per heavy atom. The molecule has 4 heterocycles. The first kappa shape index (κ1) is 19.0. The van der Waals surface area contributed by atoms with Crippen LogP contribution in [0.2, 0.25) is 0 Å². The van der Waals surface area contributed by atoms with E-state index in [2.05, 4.69) is 0 Å². The second kappa shape index (κ2) is 9.75. The third-order valence-electron chi connectivity index (χ3n) is 6.63. The molecule has 4 saturated heterocycles. The Balaban J connectivity index is 1.59. The van der Waals surface area contributed by atoms with Crippen molar-refractivity contribution in [2.45, 2.75) is 12.3 Å². The monoisotopic (exact) mass is 374 g/mol. The highest BCUT2D eigenvalue weighted by molar-refractivity contribution is 4.56. The van der Waals surface area contributed by atoms with Crippen molar-refractivity contribution < 1.29 is 38.5 Å². The van der Waals surface area contributed by atoms with E-state index in [0.29, 0.717) is 12.3 Å². The first-order valence-corrected chi connectivity index (χ1v) is 10.6. The largest absolute Gasteiger partial charge is 0.370 e. The molecule has 0 spiro atoms. The SMILES string of the molecule is C1C[NH+](C(C([NH+]2CCOCC2)[NH+]2CCOCC2)[NH+]2CCOCC2)CCO1. The van der Waals surface area contributed by atoms with Crippen LogP contribution in [0, 0.1) is 0 Å². The fourth-order valence-corrected chi connectivity index (χ4v) is 5.30. The zero-order valence-corrected chi connectivity index (χ0v) is 16.1. The topological polar surface area (TPSA) is 54.7 Å². The summed E-state index contributed by atoms with van der Waals surface area (Å²) in [5, 5.41) is 0. The normalized spacial score (nSPS) is 28.8. The second-order valence-corrected chi connectivity index (χ2v) is 8.04. The lowest BCUT2D eigenvalue weighted by atomic mass is 10.1. The molecule has 0 aliphatic carbocycles. The van der Waals surface area contributed by atoms with Crippen LogP contribution < -0.4 is 19.6 Å². The Morgan fingerprint density at radius 3 is 0.731 bits per heavy atom. The summed E-state index contributed by atoms with van der Waals surface area (Å²) in [5.41, 5.74) is 0. The van der Waals surface area contributed by atoms with Gasteiger partial charge >= 0.3 is 12.3 Å². The van der Waals surface area contributed by atoms with Gasteiger partial charge in [-0.1, -0.05) is 0 Å². The molecular formula is C18H38N4O4+4. The number of nitrogens with one attached hydrogen (secondary N) is 4. The summed E-state index contributed by atoms with van der Waals surface area (Å²) >= 11 is 0. The predicted octanol–water partition coefficient (Wildman–Crippen LogP) is -6.70. The van der Waals surface area contributed by atoms with Crippen molar-refractivity contribution in [1.82, 2.24) is 0 Å². The lowest BCUT2D eigenvalue weighted by Gasteiger charge is -2.44. The molecule has 8 nitrogen and oxygen atoms in total. The molecule has 0 saturated carbocycles. The molecule has 0 bridgehead atoms. The Kier molecular flexibility index (Phi) is 7.13. The van der Waals surface area contributed by atoms with Crippen LogP contribution in [0.5, 0.6) is 0 Å². The summed E-state index contributed by atoms with van der Waals surface area (Å²) in [7, 11) is 0. The van der Waals surface area contributed by atoms with Crippen molar-refractivity contribution in [2.75, 3.05) is 105 Å². The third kappa shape index (κ3) is 4.56. The maximum absolute atomic E-state index is 5.70. The zero-order chi connectivity index (χ0) is 17.6. The van der Waals surface area contributed by atoms with Gasteiger partial charge in [0.1, 0.15) is 52.4 Å². The van der Waals surface area contributed by atoms with Crippen molar-refractivity contribution in [3.8, 4) is 0 Å². The lowest BCUT2D eigenvalue weighted by Crippen LogP contribution is -3.50. The smallest absolute Gasteiger partial charge is 0.321 e. The highest BCUT2D eigenvalue weighted by atomic mass is 16.5. The molecule has 4 aliphatic rings. The van der Waals surface area contributed by atoms with Gasteiger partial charge in [0.25, 0.3) is 0 Å². The molecule has 4 fully saturated rings. The molecule has 0 aromatic carbocycles. The van der Waals surface area contributed by atoms with Gasteiger partial charge in [-0.15, -0.1) is 0 Å². The van der Waals surface area contributed by atoms with Crippen molar-refractivity contribution in [3.05, 3.63) is 0 Å². The Bertz CT molecular complexity index is 332. The fourth-order valence-electron chi connectivity index (χ4n) is 5.30. The molecule has 4 rings (SSSR count). The minimum Gasteiger partial charge on any atom is -0.370 e. The first-order valence-electron chi connectivity index (χ1n) is 10.6. The lowest BCUT2D eigenvalue weighted by molar-refractivity contribution is -1.22. The van der Waals surface area contributed by atoms with E-state index in [9.17, 15) is 0 Å². The van der Waals surface area contributed by atoms with E-state index in [1.54, 1.807) is 19.6 Å². The fraction of sp³-hybridized carbons (Fsp3) is 1.00. The van der Waals surface area contributed by atoms with Gasteiger partial charge in [0, 0.05) is 0 Å². The summed E-state index contributed by atoms with van der Waals surface area (Å²) in [6.45, 7) is 16.3. The highest BCUT2D eigenvalue weighted by Crippen LogP contribution is 1.87. The van der Waals surface area contributed by atoms with Crippen LogP contribution in [0.3, 0.4) is 0 Å². The van der Waals surface area contributed by atoms with Gasteiger partial charge in [0.15, 0.2) is 0 Å². The van der Waals surface area contributed by atoms with Crippen LogP contribution in [0.15, 0.2) is 0 Å². The van der Waals surface area contributed by atoms with Crippen molar-refractivity contribution in [1.29, 1.82) is 0 Å². The zero-order valence-electron chi connectivity index (χ0n) is 16.1. The van der Waals surface area contributed by atoms with Gasteiger partial charge in [-0.05, 0) is 0 Å². The van der Waals surface area contributed by atoms with Crippen LogP contribution in [-0.4, -0.2) is 118 Å². The standard InChI is InChI=1S/C18H34N4O4/c1-9-23-10-2-19(1)17(20-3-11-24-12-4-20)18(21-5-13-25-14-6-21)22-7-15-26-16-8-22/h17-18H,1-16H2/p+4. The maximum Gasteiger partial charge on any atom is 0.321 e. The minimum atomic E-state index is 0.615. The Morgan fingerprint density at radius 1 is 0.346 bits per heavy atom.